The van der Waals surface area contributed by atoms with E-state index >= 15 is 0 Å². The average molecular weight is 678 g/mol. The zero-order chi connectivity index (χ0) is 33.6. The van der Waals surface area contributed by atoms with E-state index in [1.165, 1.54) is 0 Å². The Bertz CT molecular complexity index is 778. The summed E-state index contributed by atoms with van der Waals surface area (Å²) in [6.07, 6.45) is 1.71. The molecule has 0 bridgehead atoms. The van der Waals surface area contributed by atoms with E-state index in [0.29, 0.717) is 177 Å². The van der Waals surface area contributed by atoms with Crippen LogP contribution in [0.5, 0.6) is 5.75 Å². The van der Waals surface area contributed by atoms with Crippen molar-refractivity contribution < 1.29 is 61.6 Å². The van der Waals surface area contributed by atoms with Crippen LogP contribution in [0.1, 0.15) is 0 Å². The number of rotatable bonds is 39. The molecule has 2 N–H and O–H groups in total. The Morgan fingerprint density at radius 2 is 0.638 bits per heavy atom. The third-order valence-electron chi connectivity index (χ3n) is 5.73. The van der Waals surface area contributed by atoms with E-state index < -0.39 is 0 Å². The molecule has 274 valence electrons. The van der Waals surface area contributed by atoms with Crippen molar-refractivity contribution in [1.82, 2.24) is 0 Å². The lowest BCUT2D eigenvalue weighted by Gasteiger charge is -2.10. The Morgan fingerprint density at radius 3 is 0.915 bits per heavy atom. The zero-order valence-corrected chi connectivity index (χ0v) is 28.2. The van der Waals surface area contributed by atoms with E-state index in [9.17, 15) is 0 Å². The summed E-state index contributed by atoms with van der Waals surface area (Å²) in [7, 11) is 0. The standard InChI is InChI=1S/C33H59NO13/c1-2-7-35-8-9-36-10-11-37-12-13-38-14-15-39-16-17-40-18-19-41-20-21-42-22-23-43-24-25-44-26-27-45-28-29-46-30-31-47-33-6-4-3-5-32(33)34/h2-6H,1,7-31,34H2. The summed E-state index contributed by atoms with van der Waals surface area (Å²) in [5, 5.41) is 0. The van der Waals surface area contributed by atoms with Crippen LogP contribution >= 0.6 is 0 Å². The fraction of sp³-hybridized carbons (Fsp3) is 0.758. The normalized spacial score (nSPS) is 11.3. The molecule has 0 saturated carbocycles. The maximum absolute atomic E-state index is 5.82. The monoisotopic (exact) mass is 677 g/mol. The van der Waals surface area contributed by atoms with Crippen LogP contribution in [0.25, 0.3) is 0 Å². The van der Waals surface area contributed by atoms with Gasteiger partial charge in [0.1, 0.15) is 12.4 Å². The van der Waals surface area contributed by atoms with Gasteiger partial charge in [0.15, 0.2) is 0 Å². The first-order valence-electron chi connectivity index (χ1n) is 16.4. The number of nitrogens with two attached hydrogens (primary N) is 1. The molecule has 0 heterocycles. The molecule has 0 saturated heterocycles. The molecule has 0 aromatic heterocycles. The van der Waals surface area contributed by atoms with Crippen LogP contribution in [-0.2, 0) is 56.8 Å². The van der Waals surface area contributed by atoms with Gasteiger partial charge in [-0.25, -0.2) is 0 Å². The summed E-state index contributed by atoms with van der Waals surface area (Å²) < 4.78 is 70.8. The minimum atomic E-state index is 0.437. The Labute approximate surface area is 280 Å². The topological polar surface area (TPSA) is 146 Å². The van der Waals surface area contributed by atoms with Crippen LogP contribution in [0.4, 0.5) is 5.69 Å². The van der Waals surface area contributed by atoms with Gasteiger partial charge in [0.2, 0.25) is 0 Å². The van der Waals surface area contributed by atoms with E-state index in [0.717, 1.165) is 0 Å². The van der Waals surface area contributed by atoms with Gasteiger partial charge in [0.05, 0.1) is 164 Å². The molecule has 0 amide bonds. The minimum absolute atomic E-state index is 0.437. The van der Waals surface area contributed by atoms with E-state index in [4.69, 9.17) is 67.3 Å². The molecule has 1 aromatic rings. The van der Waals surface area contributed by atoms with E-state index in [-0.39, 0.29) is 0 Å². The lowest BCUT2D eigenvalue weighted by atomic mass is 10.3. The van der Waals surface area contributed by atoms with Gasteiger partial charge in [-0.3, -0.25) is 0 Å². The second-order valence-corrected chi connectivity index (χ2v) is 9.49. The fourth-order valence-corrected chi connectivity index (χ4v) is 3.41. The van der Waals surface area contributed by atoms with Crippen molar-refractivity contribution in [3.63, 3.8) is 0 Å². The maximum Gasteiger partial charge on any atom is 0.142 e. The summed E-state index contributed by atoms with van der Waals surface area (Å²) in [6, 6.07) is 7.38. The van der Waals surface area contributed by atoms with Crippen LogP contribution in [0.15, 0.2) is 36.9 Å². The summed E-state index contributed by atoms with van der Waals surface area (Å²) in [6.45, 7) is 16.3. The molecule has 1 aromatic carbocycles. The Morgan fingerprint density at radius 1 is 0.383 bits per heavy atom. The van der Waals surface area contributed by atoms with Gasteiger partial charge in [-0.05, 0) is 12.1 Å². The lowest BCUT2D eigenvalue weighted by Crippen LogP contribution is -2.15. The van der Waals surface area contributed by atoms with Gasteiger partial charge in [-0.2, -0.15) is 0 Å². The van der Waals surface area contributed by atoms with Crippen LogP contribution in [0.3, 0.4) is 0 Å². The molecule has 0 unspecified atom stereocenters. The van der Waals surface area contributed by atoms with E-state index in [1.54, 1.807) is 12.1 Å². The van der Waals surface area contributed by atoms with Gasteiger partial charge in [-0.15, -0.1) is 6.58 Å². The summed E-state index contributed by atoms with van der Waals surface area (Å²) >= 11 is 0. The number of hydrogen-bond donors (Lipinski definition) is 1. The Balaban J connectivity index is 1.62. The molecule has 0 aliphatic carbocycles. The van der Waals surface area contributed by atoms with Crippen molar-refractivity contribution in [3.05, 3.63) is 36.9 Å². The molecule has 0 atom stereocenters. The molecule has 47 heavy (non-hydrogen) atoms. The highest BCUT2D eigenvalue weighted by molar-refractivity contribution is 5.51. The van der Waals surface area contributed by atoms with E-state index in [2.05, 4.69) is 6.58 Å². The molecular weight excluding hydrogens is 618 g/mol. The highest BCUT2D eigenvalue weighted by atomic mass is 16.6. The predicted octanol–water partition coefficient (Wildman–Crippen LogP) is 2.03. The first-order valence-corrected chi connectivity index (χ1v) is 16.4. The third kappa shape index (κ3) is 32.4. The first-order chi connectivity index (χ1) is 23.3. The predicted molar refractivity (Wildman–Crippen MR) is 176 cm³/mol. The second-order valence-electron chi connectivity index (χ2n) is 9.49. The highest BCUT2D eigenvalue weighted by Crippen LogP contribution is 2.19. The summed E-state index contributed by atoms with van der Waals surface area (Å²) in [5.74, 6) is 0.667. The Kier molecular flexibility index (Phi) is 33.8. The van der Waals surface area contributed by atoms with Gasteiger partial charge in [0.25, 0.3) is 0 Å². The summed E-state index contributed by atoms with van der Waals surface area (Å²) in [5.41, 5.74) is 6.44. The minimum Gasteiger partial charge on any atom is -0.489 e. The molecule has 1 rings (SSSR count). The van der Waals surface area contributed by atoms with Crippen molar-refractivity contribution >= 4 is 5.69 Å². The molecule has 0 aliphatic rings. The van der Waals surface area contributed by atoms with Gasteiger partial charge in [0, 0.05) is 0 Å². The van der Waals surface area contributed by atoms with Crippen LogP contribution < -0.4 is 10.5 Å². The molecule has 0 radical (unpaired) electrons. The number of ether oxygens (including phenoxy) is 13. The van der Waals surface area contributed by atoms with E-state index in [1.807, 2.05) is 18.2 Å². The van der Waals surface area contributed by atoms with Gasteiger partial charge >= 0.3 is 0 Å². The van der Waals surface area contributed by atoms with Gasteiger partial charge < -0.3 is 67.3 Å². The highest BCUT2D eigenvalue weighted by Gasteiger charge is 1.99. The quantitative estimate of drug-likeness (QED) is 0.0616. The summed E-state index contributed by atoms with van der Waals surface area (Å²) in [4.78, 5) is 0. The van der Waals surface area contributed by atoms with Crippen molar-refractivity contribution in [2.24, 2.45) is 0 Å². The molecule has 0 fully saturated rings. The smallest absolute Gasteiger partial charge is 0.142 e. The largest absolute Gasteiger partial charge is 0.489 e. The number of hydrogen-bond acceptors (Lipinski definition) is 14. The van der Waals surface area contributed by atoms with Crippen LogP contribution in [0, 0.1) is 0 Å². The van der Waals surface area contributed by atoms with Crippen molar-refractivity contribution in [1.29, 1.82) is 0 Å². The zero-order valence-electron chi connectivity index (χ0n) is 28.2. The van der Waals surface area contributed by atoms with Crippen molar-refractivity contribution in [2.45, 2.75) is 0 Å². The maximum atomic E-state index is 5.82. The SMILES string of the molecule is C=CCOCCOCCOCCOCCOCCOCCOCCOCCOCCOCCOCCOCCOc1ccccc1N. The fourth-order valence-electron chi connectivity index (χ4n) is 3.41. The third-order valence-corrected chi connectivity index (χ3v) is 5.73. The van der Waals surface area contributed by atoms with Crippen LogP contribution in [0.2, 0.25) is 0 Å². The molecular formula is C33H59NO13. The molecule has 0 aliphatic heterocycles. The number of benzene rings is 1. The first kappa shape index (κ1) is 43.1. The van der Waals surface area contributed by atoms with Crippen molar-refractivity contribution in [3.8, 4) is 5.75 Å². The molecule has 14 heteroatoms. The second kappa shape index (κ2) is 36.9. The number of anilines is 1. The van der Waals surface area contributed by atoms with Crippen LogP contribution in [-0.4, -0.2) is 165 Å². The molecule has 14 nitrogen and oxygen atoms in total. The lowest BCUT2D eigenvalue weighted by molar-refractivity contribution is -0.0283. The number of nitrogen functional groups attached to an aromatic ring is 1. The molecule has 0 spiro atoms. The number of para-hydroxylation sites is 2. The average Bonchev–Trinajstić information content (AvgIpc) is 3.08. The van der Waals surface area contributed by atoms with Gasteiger partial charge in [-0.1, -0.05) is 18.2 Å². The Hall–Kier alpha value is -1.92. The van der Waals surface area contributed by atoms with Crippen molar-refractivity contribution in [2.75, 3.05) is 171 Å².